The molecule has 156 valence electrons. The van der Waals surface area contributed by atoms with Crippen molar-refractivity contribution in [1.82, 2.24) is 5.32 Å². The predicted molar refractivity (Wildman–Crippen MR) is 112 cm³/mol. The lowest BCUT2D eigenvalue weighted by atomic mass is 10.1. The van der Waals surface area contributed by atoms with E-state index in [0.29, 0.717) is 35.4 Å². The molecular weight excluding hydrogens is 416 g/mol. The Kier molecular flexibility index (Phi) is 6.24. The number of anilines is 1. The van der Waals surface area contributed by atoms with Crippen LogP contribution in [-0.4, -0.2) is 39.8 Å². The van der Waals surface area contributed by atoms with Crippen LogP contribution in [0.15, 0.2) is 42.5 Å². The first-order valence-electron chi connectivity index (χ1n) is 9.11. The Morgan fingerprint density at radius 1 is 1.10 bits per heavy atom. The minimum atomic E-state index is -3.71. The standard InChI is InChI=1S/C20H23ClN2O5S/c1-13(15-7-8-18-19(11-15)28-10-9-27-18)22-20(24)14(2)23(29(3,25)26)17-6-4-5-16(21)12-17/h4-8,11-14H,9-10H2,1-3H3,(H,22,24)/t13-,14-/m0/s1. The van der Waals surface area contributed by atoms with Crippen molar-refractivity contribution < 1.29 is 22.7 Å². The van der Waals surface area contributed by atoms with Crippen molar-refractivity contribution in [3.8, 4) is 11.5 Å². The van der Waals surface area contributed by atoms with E-state index in [-0.39, 0.29) is 6.04 Å². The van der Waals surface area contributed by atoms with E-state index in [1.165, 1.54) is 13.0 Å². The van der Waals surface area contributed by atoms with Crippen LogP contribution < -0.4 is 19.1 Å². The molecule has 1 amide bonds. The summed E-state index contributed by atoms with van der Waals surface area (Å²) >= 11 is 6.00. The molecule has 29 heavy (non-hydrogen) atoms. The molecule has 2 aromatic rings. The highest BCUT2D eigenvalue weighted by molar-refractivity contribution is 7.92. The molecule has 0 saturated heterocycles. The fourth-order valence-electron chi connectivity index (χ4n) is 3.17. The summed E-state index contributed by atoms with van der Waals surface area (Å²) in [6, 6.07) is 10.5. The molecule has 0 bridgehead atoms. The van der Waals surface area contributed by atoms with E-state index in [1.807, 2.05) is 19.1 Å². The number of nitrogens with one attached hydrogen (secondary N) is 1. The Morgan fingerprint density at radius 3 is 2.45 bits per heavy atom. The number of fused-ring (bicyclic) bond motifs is 1. The van der Waals surface area contributed by atoms with Gasteiger partial charge in [0, 0.05) is 5.02 Å². The van der Waals surface area contributed by atoms with Crippen LogP contribution in [0, 0.1) is 0 Å². The monoisotopic (exact) mass is 438 g/mol. The Balaban J connectivity index is 1.79. The Hall–Kier alpha value is -2.45. The number of nitrogens with zero attached hydrogens (tertiary/aromatic N) is 1. The zero-order chi connectivity index (χ0) is 21.2. The highest BCUT2D eigenvalue weighted by atomic mass is 35.5. The number of rotatable bonds is 6. The normalized spacial score (nSPS) is 15.3. The van der Waals surface area contributed by atoms with Gasteiger partial charge >= 0.3 is 0 Å². The summed E-state index contributed by atoms with van der Waals surface area (Å²) in [5.41, 5.74) is 1.15. The maximum atomic E-state index is 12.9. The lowest BCUT2D eigenvalue weighted by Crippen LogP contribution is -2.48. The molecule has 1 heterocycles. The summed E-state index contributed by atoms with van der Waals surface area (Å²) in [5.74, 6) is 0.855. The number of halogens is 1. The van der Waals surface area contributed by atoms with Crippen LogP contribution in [0.5, 0.6) is 11.5 Å². The van der Waals surface area contributed by atoms with E-state index in [1.54, 1.807) is 24.3 Å². The highest BCUT2D eigenvalue weighted by Crippen LogP contribution is 2.32. The van der Waals surface area contributed by atoms with Gasteiger partial charge in [0.2, 0.25) is 15.9 Å². The number of ether oxygens (including phenoxy) is 2. The molecule has 1 aliphatic heterocycles. The molecule has 3 rings (SSSR count). The van der Waals surface area contributed by atoms with Crippen LogP contribution in [0.4, 0.5) is 5.69 Å². The first-order valence-corrected chi connectivity index (χ1v) is 11.3. The summed E-state index contributed by atoms with van der Waals surface area (Å²) in [4.78, 5) is 12.9. The Morgan fingerprint density at radius 2 is 1.79 bits per heavy atom. The molecule has 1 aliphatic rings. The second-order valence-electron chi connectivity index (χ2n) is 6.85. The molecule has 0 spiro atoms. The molecule has 0 radical (unpaired) electrons. The summed E-state index contributed by atoms with van der Waals surface area (Å²) in [6.45, 7) is 4.33. The molecular formula is C20H23ClN2O5S. The lowest BCUT2D eigenvalue weighted by molar-refractivity contribution is -0.122. The van der Waals surface area contributed by atoms with Crippen molar-refractivity contribution >= 4 is 33.2 Å². The zero-order valence-corrected chi connectivity index (χ0v) is 18.0. The van der Waals surface area contributed by atoms with Crippen LogP contribution in [0.1, 0.15) is 25.5 Å². The topological polar surface area (TPSA) is 84.9 Å². The van der Waals surface area contributed by atoms with Crippen molar-refractivity contribution in [3.63, 3.8) is 0 Å². The molecule has 0 unspecified atom stereocenters. The van der Waals surface area contributed by atoms with Gasteiger partial charge in [-0.05, 0) is 49.7 Å². The molecule has 0 fully saturated rings. The van der Waals surface area contributed by atoms with Gasteiger partial charge in [-0.1, -0.05) is 23.7 Å². The molecule has 1 N–H and O–H groups in total. The van der Waals surface area contributed by atoms with Crippen molar-refractivity contribution in [2.75, 3.05) is 23.8 Å². The highest BCUT2D eigenvalue weighted by Gasteiger charge is 2.30. The van der Waals surface area contributed by atoms with Crippen LogP contribution in [0.2, 0.25) is 5.02 Å². The van der Waals surface area contributed by atoms with Gasteiger partial charge in [0.25, 0.3) is 0 Å². The van der Waals surface area contributed by atoms with E-state index in [0.717, 1.165) is 16.1 Å². The summed E-state index contributed by atoms with van der Waals surface area (Å²) in [7, 11) is -3.71. The van der Waals surface area contributed by atoms with Crippen LogP contribution in [0.3, 0.4) is 0 Å². The van der Waals surface area contributed by atoms with Crippen LogP contribution in [-0.2, 0) is 14.8 Å². The average molecular weight is 439 g/mol. The number of hydrogen-bond donors (Lipinski definition) is 1. The number of carbonyl (C=O) groups excluding carboxylic acids is 1. The van der Waals surface area contributed by atoms with Gasteiger partial charge in [0.05, 0.1) is 18.0 Å². The molecule has 9 heteroatoms. The van der Waals surface area contributed by atoms with E-state index >= 15 is 0 Å². The minimum absolute atomic E-state index is 0.328. The van der Waals surface area contributed by atoms with Gasteiger partial charge < -0.3 is 14.8 Å². The van der Waals surface area contributed by atoms with E-state index < -0.39 is 22.0 Å². The summed E-state index contributed by atoms with van der Waals surface area (Å²) in [6.07, 6.45) is 1.06. The fraction of sp³-hybridized carbons (Fsp3) is 0.350. The van der Waals surface area contributed by atoms with Crippen molar-refractivity contribution in [2.24, 2.45) is 0 Å². The quantitative estimate of drug-likeness (QED) is 0.748. The SMILES string of the molecule is C[C@H](NC(=O)[C@H](C)N(c1cccc(Cl)c1)S(C)(=O)=O)c1ccc2c(c1)OCCO2. The van der Waals surface area contributed by atoms with E-state index in [2.05, 4.69) is 5.32 Å². The summed E-state index contributed by atoms with van der Waals surface area (Å²) in [5, 5.41) is 3.25. The number of benzene rings is 2. The lowest BCUT2D eigenvalue weighted by Gasteiger charge is -2.29. The fourth-order valence-corrected chi connectivity index (χ4v) is 4.52. The third-order valence-corrected chi connectivity index (χ3v) is 6.05. The van der Waals surface area contributed by atoms with Crippen molar-refractivity contribution in [2.45, 2.75) is 25.9 Å². The molecule has 0 aromatic heterocycles. The van der Waals surface area contributed by atoms with Crippen molar-refractivity contribution in [1.29, 1.82) is 0 Å². The van der Waals surface area contributed by atoms with Gasteiger partial charge in [0.1, 0.15) is 19.3 Å². The largest absolute Gasteiger partial charge is 0.486 e. The minimum Gasteiger partial charge on any atom is -0.486 e. The Bertz CT molecular complexity index is 1010. The molecule has 2 atom stereocenters. The second-order valence-corrected chi connectivity index (χ2v) is 9.14. The maximum Gasteiger partial charge on any atom is 0.244 e. The maximum absolute atomic E-state index is 12.9. The second kappa shape index (κ2) is 8.51. The van der Waals surface area contributed by atoms with Gasteiger partial charge in [0.15, 0.2) is 11.5 Å². The molecule has 0 aliphatic carbocycles. The zero-order valence-electron chi connectivity index (χ0n) is 16.4. The first kappa shape index (κ1) is 21.3. The van der Waals surface area contributed by atoms with Crippen LogP contribution >= 0.6 is 11.6 Å². The van der Waals surface area contributed by atoms with E-state index in [9.17, 15) is 13.2 Å². The number of sulfonamides is 1. The number of amides is 1. The molecule has 7 nitrogen and oxygen atoms in total. The van der Waals surface area contributed by atoms with Crippen LogP contribution in [0.25, 0.3) is 0 Å². The number of carbonyl (C=O) groups is 1. The van der Waals surface area contributed by atoms with Gasteiger partial charge in [-0.25, -0.2) is 8.42 Å². The molecule has 2 aromatic carbocycles. The van der Waals surface area contributed by atoms with Gasteiger partial charge in [-0.2, -0.15) is 0 Å². The van der Waals surface area contributed by atoms with E-state index in [4.69, 9.17) is 21.1 Å². The molecule has 0 saturated carbocycles. The van der Waals surface area contributed by atoms with Gasteiger partial charge in [-0.15, -0.1) is 0 Å². The average Bonchev–Trinajstić information content (AvgIpc) is 2.66. The van der Waals surface area contributed by atoms with Gasteiger partial charge in [-0.3, -0.25) is 9.10 Å². The third-order valence-electron chi connectivity index (χ3n) is 4.58. The predicted octanol–water partition coefficient (Wildman–Crippen LogP) is 3.14. The smallest absolute Gasteiger partial charge is 0.244 e. The summed E-state index contributed by atoms with van der Waals surface area (Å²) < 4.78 is 36.9. The first-order chi connectivity index (χ1) is 13.7. The number of hydrogen-bond acceptors (Lipinski definition) is 5. The van der Waals surface area contributed by atoms with Crippen molar-refractivity contribution in [3.05, 3.63) is 53.1 Å². The third kappa shape index (κ3) is 4.94. The Labute approximate surface area is 175 Å².